The molecule has 0 bridgehead atoms. The number of benzene rings is 1. The first-order chi connectivity index (χ1) is 11.0. The monoisotopic (exact) mass is 320 g/mol. The van der Waals surface area contributed by atoms with Gasteiger partial charge in [0.15, 0.2) is 0 Å². The van der Waals surface area contributed by atoms with Gasteiger partial charge in [0, 0.05) is 20.1 Å². The van der Waals surface area contributed by atoms with E-state index in [4.69, 9.17) is 9.84 Å². The molecule has 1 aliphatic carbocycles. The maximum atomic E-state index is 11.8. The van der Waals surface area contributed by atoms with Crippen LogP contribution in [0.4, 0.5) is 4.79 Å². The molecule has 1 aromatic rings. The van der Waals surface area contributed by atoms with E-state index in [0.29, 0.717) is 12.6 Å². The Kier molecular flexibility index (Phi) is 6.26. The van der Waals surface area contributed by atoms with Crippen LogP contribution in [0.5, 0.6) is 5.75 Å². The number of nitrogens with zero attached hydrogens (tertiary/aromatic N) is 1. The summed E-state index contributed by atoms with van der Waals surface area (Å²) < 4.78 is 5.90. The van der Waals surface area contributed by atoms with Crippen LogP contribution in [0.15, 0.2) is 24.3 Å². The predicted molar refractivity (Wildman–Crippen MR) is 86.4 cm³/mol. The van der Waals surface area contributed by atoms with Crippen molar-refractivity contribution < 1.29 is 19.4 Å². The fourth-order valence-corrected chi connectivity index (χ4v) is 2.56. The molecule has 0 unspecified atom stereocenters. The molecule has 6 nitrogen and oxygen atoms in total. The Labute approximate surface area is 136 Å². The van der Waals surface area contributed by atoms with Crippen molar-refractivity contribution in [3.8, 4) is 5.75 Å². The third kappa shape index (κ3) is 5.81. The number of ether oxygens (including phenoxy) is 1. The Morgan fingerprint density at radius 1 is 1.26 bits per heavy atom. The van der Waals surface area contributed by atoms with Crippen LogP contribution >= 0.6 is 0 Å². The quantitative estimate of drug-likeness (QED) is 0.809. The highest BCUT2D eigenvalue weighted by Gasteiger charge is 2.16. The summed E-state index contributed by atoms with van der Waals surface area (Å²) in [5.74, 6) is -0.0481. The Morgan fingerprint density at radius 3 is 2.52 bits per heavy atom. The Balaban J connectivity index is 1.74. The standard InChI is InChI=1S/C17H24N2O4/c1-19(11-10-16(20)21)17(22)18-12-13-6-8-15(9-7-13)23-14-4-2-3-5-14/h6-9,14H,2-5,10-12H2,1H3,(H,18,22)(H,20,21). The van der Waals surface area contributed by atoms with Gasteiger partial charge in [0.05, 0.1) is 12.5 Å². The van der Waals surface area contributed by atoms with Crippen molar-refractivity contribution in [1.29, 1.82) is 0 Å². The van der Waals surface area contributed by atoms with Gasteiger partial charge in [-0.25, -0.2) is 4.79 Å². The predicted octanol–water partition coefficient (Wildman–Crippen LogP) is 2.62. The van der Waals surface area contributed by atoms with Crippen LogP contribution in [0.25, 0.3) is 0 Å². The van der Waals surface area contributed by atoms with Gasteiger partial charge >= 0.3 is 12.0 Å². The van der Waals surface area contributed by atoms with Crippen molar-refractivity contribution in [3.05, 3.63) is 29.8 Å². The largest absolute Gasteiger partial charge is 0.490 e. The van der Waals surface area contributed by atoms with Gasteiger partial charge in [0.25, 0.3) is 0 Å². The summed E-state index contributed by atoms with van der Waals surface area (Å²) in [6, 6.07) is 7.43. The van der Waals surface area contributed by atoms with E-state index >= 15 is 0 Å². The summed E-state index contributed by atoms with van der Waals surface area (Å²) in [6.45, 7) is 0.593. The number of aliphatic carboxylic acids is 1. The maximum absolute atomic E-state index is 11.8. The topological polar surface area (TPSA) is 78.9 Å². The second-order valence-electron chi connectivity index (χ2n) is 5.89. The van der Waals surface area contributed by atoms with Crippen LogP contribution in [0.2, 0.25) is 0 Å². The van der Waals surface area contributed by atoms with Crippen molar-refractivity contribution in [3.63, 3.8) is 0 Å². The maximum Gasteiger partial charge on any atom is 0.317 e. The highest BCUT2D eigenvalue weighted by atomic mass is 16.5. The minimum Gasteiger partial charge on any atom is -0.490 e. The van der Waals surface area contributed by atoms with E-state index in [2.05, 4.69) is 5.32 Å². The van der Waals surface area contributed by atoms with Crippen LogP contribution in [0.3, 0.4) is 0 Å². The SMILES string of the molecule is CN(CCC(=O)O)C(=O)NCc1ccc(OC2CCCC2)cc1. The number of rotatable bonds is 7. The minimum absolute atomic E-state index is 0.0584. The second-order valence-corrected chi connectivity index (χ2v) is 5.89. The van der Waals surface area contributed by atoms with E-state index in [1.807, 2.05) is 24.3 Å². The molecule has 2 rings (SSSR count). The molecule has 0 heterocycles. The summed E-state index contributed by atoms with van der Waals surface area (Å²) in [5.41, 5.74) is 0.976. The zero-order chi connectivity index (χ0) is 16.7. The van der Waals surface area contributed by atoms with Crippen molar-refractivity contribution in [2.24, 2.45) is 0 Å². The molecular weight excluding hydrogens is 296 g/mol. The Bertz CT molecular complexity index is 524. The zero-order valence-electron chi connectivity index (χ0n) is 13.5. The number of carboxylic acids is 1. The van der Waals surface area contributed by atoms with Gasteiger partial charge in [-0.15, -0.1) is 0 Å². The molecule has 0 aliphatic heterocycles. The molecule has 1 saturated carbocycles. The van der Waals surface area contributed by atoms with Gasteiger partial charge in [-0.05, 0) is 43.4 Å². The van der Waals surface area contributed by atoms with E-state index in [9.17, 15) is 9.59 Å². The molecule has 23 heavy (non-hydrogen) atoms. The van der Waals surface area contributed by atoms with E-state index in [1.54, 1.807) is 7.05 Å². The minimum atomic E-state index is -0.914. The number of amides is 2. The van der Waals surface area contributed by atoms with E-state index in [-0.39, 0.29) is 19.0 Å². The lowest BCUT2D eigenvalue weighted by atomic mass is 10.2. The average molecular weight is 320 g/mol. The number of carboxylic acid groups (broad SMARTS) is 1. The Morgan fingerprint density at radius 2 is 1.91 bits per heavy atom. The van der Waals surface area contributed by atoms with E-state index in [1.165, 1.54) is 17.7 Å². The number of hydrogen-bond donors (Lipinski definition) is 2. The molecule has 0 spiro atoms. The molecular formula is C17H24N2O4. The molecule has 6 heteroatoms. The number of carbonyl (C=O) groups is 2. The number of nitrogens with one attached hydrogen (secondary N) is 1. The van der Waals surface area contributed by atoms with E-state index < -0.39 is 5.97 Å². The molecule has 1 aliphatic rings. The molecule has 126 valence electrons. The fourth-order valence-electron chi connectivity index (χ4n) is 2.56. The summed E-state index contributed by atoms with van der Waals surface area (Å²) in [7, 11) is 1.58. The van der Waals surface area contributed by atoms with E-state index in [0.717, 1.165) is 24.2 Å². The molecule has 2 amide bonds. The first-order valence-electron chi connectivity index (χ1n) is 8.01. The third-order valence-corrected chi connectivity index (χ3v) is 3.98. The Hall–Kier alpha value is -2.24. The first-order valence-corrected chi connectivity index (χ1v) is 8.01. The normalized spacial score (nSPS) is 14.5. The molecule has 1 aromatic carbocycles. The highest BCUT2D eigenvalue weighted by Crippen LogP contribution is 2.24. The van der Waals surface area contributed by atoms with Crippen LogP contribution in [0.1, 0.15) is 37.7 Å². The smallest absolute Gasteiger partial charge is 0.317 e. The average Bonchev–Trinajstić information content (AvgIpc) is 3.04. The summed E-state index contributed by atoms with van der Waals surface area (Å²) >= 11 is 0. The number of hydrogen-bond acceptors (Lipinski definition) is 3. The van der Waals surface area contributed by atoms with Gasteiger partial charge in [0.1, 0.15) is 5.75 Å². The molecule has 0 radical (unpaired) electrons. The van der Waals surface area contributed by atoms with Gasteiger partial charge in [-0.2, -0.15) is 0 Å². The van der Waals surface area contributed by atoms with Crippen molar-refractivity contribution in [2.45, 2.75) is 44.8 Å². The summed E-state index contributed by atoms with van der Waals surface area (Å²) in [5, 5.41) is 11.4. The number of carbonyl (C=O) groups excluding carboxylic acids is 1. The van der Waals surface area contributed by atoms with Crippen molar-refractivity contribution in [1.82, 2.24) is 10.2 Å². The second kappa shape index (κ2) is 8.41. The lowest BCUT2D eigenvalue weighted by Crippen LogP contribution is -2.37. The van der Waals surface area contributed by atoms with Gasteiger partial charge in [0.2, 0.25) is 0 Å². The van der Waals surface area contributed by atoms with Gasteiger partial charge < -0.3 is 20.1 Å². The first kappa shape index (κ1) is 17.1. The van der Waals surface area contributed by atoms with Crippen LogP contribution in [-0.4, -0.2) is 41.7 Å². The highest BCUT2D eigenvalue weighted by molar-refractivity contribution is 5.75. The molecule has 0 saturated heterocycles. The van der Waals surface area contributed by atoms with Crippen molar-refractivity contribution in [2.75, 3.05) is 13.6 Å². The molecule has 1 fully saturated rings. The van der Waals surface area contributed by atoms with Crippen LogP contribution in [0, 0.1) is 0 Å². The van der Waals surface area contributed by atoms with Crippen molar-refractivity contribution >= 4 is 12.0 Å². The van der Waals surface area contributed by atoms with Crippen LogP contribution < -0.4 is 10.1 Å². The van der Waals surface area contributed by atoms with Gasteiger partial charge in [-0.3, -0.25) is 4.79 Å². The lowest BCUT2D eigenvalue weighted by molar-refractivity contribution is -0.137. The number of urea groups is 1. The van der Waals surface area contributed by atoms with Crippen LogP contribution in [-0.2, 0) is 11.3 Å². The molecule has 0 atom stereocenters. The summed E-state index contributed by atoms with van der Waals surface area (Å²) in [4.78, 5) is 23.7. The van der Waals surface area contributed by atoms with Gasteiger partial charge in [-0.1, -0.05) is 12.1 Å². The fraction of sp³-hybridized carbons (Fsp3) is 0.529. The summed E-state index contributed by atoms with van der Waals surface area (Å²) in [6.07, 6.45) is 5.01. The third-order valence-electron chi connectivity index (χ3n) is 3.98. The molecule has 0 aromatic heterocycles. The zero-order valence-corrected chi connectivity index (χ0v) is 13.5. The molecule has 2 N–H and O–H groups in total. The lowest BCUT2D eigenvalue weighted by Gasteiger charge is -2.17.